The monoisotopic (exact) mass is 310 g/mol. The molecule has 5 nitrogen and oxygen atoms in total. The highest BCUT2D eigenvalue weighted by molar-refractivity contribution is 6.00. The van der Waals surface area contributed by atoms with E-state index in [4.69, 9.17) is 0 Å². The van der Waals surface area contributed by atoms with Crippen LogP contribution in [0.4, 0.5) is 0 Å². The third kappa shape index (κ3) is 2.78. The van der Waals surface area contributed by atoms with Crippen LogP contribution < -0.4 is 5.32 Å². The van der Waals surface area contributed by atoms with Gasteiger partial charge in [0, 0.05) is 12.4 Å². The van der Waals surface area contributed by atoms with E-state index >= 15 is 0 Å². The van der Waals surface area contributed by atoms with Crippen molar-refractivity contribution >= 4 is 16.8 Å². The Morgan fingerprint density at radius 1 is 1.17 bits per heavy atom. The molecule has 0 fully saturated rings. The maximum absolute atomic E-state index is 12.6. The highest BCUT2D eigenvalue weighted by atomic mass is 16.3. The zero-order chi connectivity index (χ0) is 16.4. The molecule has 0 radical (unpaired) electrons. The number of aryl methyl sites for hydroxylation is 1. The number of aliphatic hydroxyl groups excluding tert-OH is 1. The van der Waals surface area contributed by atoms with Crippen LogP contribution in [0.3, 0.4) is 0 Å². The molecule has 5 heteroatoms. The van der Waals surface area contributed by atoms with Crippen molar-refractivity contribution in [3.63, 3.8) is 0 Å². The third-order valence-electron chi connectivity index (χ3n) is 3.99. The predicted molar refractivity (Wildman–Crippen MR) is 88.3 cm³/mol. The fraction of sp³-hybridized carbons (Fsp3) is 0.167. The quantitative estimate of drug-likeness (QED) is 0.692. The summed E-state index contributed by atoms with van der Waals surface area (Å²) in [6.45, 7) is -0.190. The highest BCUT2D eigenvalue weighted by Gasteiger charge is 2.19. The lowest BCUT2D eigenvalue weighted by Crippen LogP contribution is -2.31. The summed E-state index contributed by atoms with van der Waals surface area (Å²) >= 11 is 0. The number of aliphatic hydroxyl groups is 1. The van der Waals surface area contributed by atoms with Gasteiger partial charge in [-0.15, -0.1) is 0 Å². The molecular weight excluding hydrogens is 292 g/mol. The summed E-state index contributed by atoms with van der Waals surface area (Å²) in [5.74, 6) is -0.162. The van der Waals surface area contributed by atoms with Gasteiger partial charge in [-0.25, -0.2) is 0 Å². The number of aromatic hydroxyl groups is 1. The molecule has 0 aliphatic carbocycles. The van der Waals surface area contributed by atoms with Crippen LogP contribution in [0.2, 0.25) is 0 Å². The first-order valence-electron chi connectivity index (χ1n) is 7.36. The number of nitrogens with one attached hydrogen (secondary N) is 1. The van der Waals surface area contributed by atoms with Crippen LogP contribution in [0.5, 0.6) is 5.75 Å². The largest absolute Gasteiger partial charge is 0.507 e. The van der Waals surface area contributed by atoms with Crippen molar-refractivity contribution in [2.24, 2.45) is 7.05 Å². The van der Waals surface area contributed by atoms with E-state index in [0.29, 0.717) is 11.1 Å². The van der Waals surface area contributed by atoms with Crippen LogP contribution in [-0.4, -0.2) is 27.3 Å². The summed E-state index contributed by atoms with van der Waals surface area (Å²) in [6, 6.07) is 15.7. The Balaban J connectivity index is 1.91. The van der Waals surface area contributed by atoms with Gasteiger partial charge in [-0.3, -0.25) is 4.79 Å². The van der Waals surface area contributed by atoms with Gasteiger partial charge < -0.3 is 20.1 Å². The van der Waals surface area contributed by atoms with E-state index < -0.39 is 6.04 Å². The Morgan fingerprint density at radius 2 is 1.91 bits per heavy atom. The third-order valence-corrected chi connectivity index (χ3v) is 3.99. The van der Waals surface area contributed by atoms with Gasteiger partial charge in [0.25, 0.3) is 5.91 Å². The molecule has 0 saturated heterocycles. The zero-order valence-corrected chi connectivity index (χ0v) is 12.7. The molecule has 1 heterocycles. The number of phenolic OH excluding ortho intramolecular Hbond substituents is 1. The van der Waals surface area contributed by atoms with E-state index in [1.165, 1.54) is 0 Å². The van der Waals surface area contributed by atoms with E-state index in [9.17, 15) is 15.0 Å². The molecule has 3 rings (SSSR count). The van der Waals surface area contributed by atoms with Crippen molar-refractivity contribution in [1.82, 2.24) is 9.88 Å². The number of amides is 1. The number of benzene rings is 2. The fourth-order valence-electron chi connectivity index (χ4n) is 2.71. The second-order valence-corrected chi connectivity index (χ2v) is 5.42. The minimum atomic E-state index is -0.477. The zero-order valence-electron chi connectivity index (χ0n) is 12.7. The first-order chi connectivity index (χ1) is 11.1. The number of aromatic nitrogens is 1. The molecule has 23 heavy (non-hydrogen) atoms. The van der Waals surface area contributed by atoms with Crippen LogP contribution in [0.15, 0.2) is 54.6 Å². The molecule has 2 aromatic carbocycles. The molecule has 0 spiro atoms. The Kier molecular flexibility index (Phi) is 4.04. The van der Waals surface area contributed by atoms with Crippen LogP contribution >= 0.6 is 0 Å². The molecule has 0 saturated carbocycles. The maximum Gasteiger partial charge on any atom is 0.268 e. The fourth-order valence-corrected chi connectivity index (χ4v) is 2.71. The van der Waals surface area contributed by atoms with Gasteiger partial charge in [0.05, 0.1) is 18.2 Å². The van der Waals surface area contributed by atoms with Crippen molar-refractivity contribution in [1.29, 1.82) is 0 Å². The van der Waals surface area contributed by atoms with E-state index in [2.05, 4.69) is 5.32 Å². The summed E-state index contributed by atoms with van der Waals surface area (Å²) in [5.41, 5.74) is 2.04. The van der Waals surface area contributed by atoms with Crippen LogP contribution in [-0.2, 0) is 7.05 Å². The minimum absolute atomic E-state index is 0.138. The predicted octanol–water partition coefficient (Wildman–Crippen LogP) is 2.35. The van der Waals surface area contributed by atoms with E-state index in [0.717, 1.165) is 11.1 Å². The van der Waals surface area contributed by atoms with E-state index in [1.807, 2.05) is 36.4 Å². The summed E-state index contributed by atoms with van der Waals surface area (Å²) in [7, 11) is 1.77. The average Bonchev–Trinajstić information content (AvgIpc) is 2.92. The van der Waals surface area contributed by atoms with Crippen molar-refractivity contribution in [2.75, 3.05) is 6.61 Å². The molecule has 0 aliphatic rings. The molecule has 1 aromatic heterocycles. The number of carbonyl (C=O) groups is 1. The molecule has 1 amide bonds. The smallest absolute Gasteiger partial charge is 0.268 e. The summed E-state index contributed by atoms with van der Waals surface area (Å²) in [5, 5.41) is 22.9. The lowest BCUT2D eigenvalue weighted by molar-refractivity contribution is 0.0908. The number of carbonyl (C=O) groups excluding carboxylic acids is 1. The van der Waals surface area contributed by atoms with Gasteiger partial charge in [0.1, 0.15) is 11.4 Å². The molecule has 118 valence electrons. The number of nitrogens with zero attached hydrogens (tertiary/aromatic N) is 1. The van der Waals surface area contributed by atoms with Gasteiger partial charge in [0.15, 0.2) is 0 Å². The molecule has 1 atom stereocenters. The molecule has 3 N–H and O–H groups in total. The molecule has 0 aliphatic heterocycles. The van der Waals surface area contributed by atoms with Crippen molar-refractivity contribution in [3.05, 3.63) is 65.9 Å². The Labute approximate surface area is 133 Å². The summed E-state index contributed by atoms with van der Waals surface area (Å²) < 4.78 is 1.73. The lowest BCUT2D eigenvalue weighted by Gasteiger charge is -2.17. The first-order valence-corrected chi connectivity index (χ1v) is 7.36. The Bertz CT molecular complexity index is 840. The number of fused-ring (bicyclic) bond motifs is 1. The number of phenols is 1. The molecule has 0 bridgehead atoms. The second kappa shape index (κ2) is 6.14. The second-order valence-electron chi connectivity index (χ2n) is 5.42. The van der Waals surface area contributed by atoms with Gasteiger partial charge >= 0.3 is 0 Å². The van der Waals surface area contributed by atoms with Gasteiger partial charge in [-0.05, 0) is 23.8 Å². The minimum Gasteiger partial charge on any atom is -0.507 e. The summed E-state index contributed by atoms with van der Waals surface area (Å²) in [6.07, 6.45) is 0. The van der Waals surface area contributed by atoms with Crippen LogP contribution in [0.25, 0.3) is 10.9 Å². The van der Waals surface area contributed by atoms with Crippen molar-refractivity contribution in [2.45, 2.75) is 6.04 Å². The maximum atomic E-state index is 12.6. The molecule has 3 aromatic rings. The van der Waals surface area contributed by atoms with E-state index in [-0.39, 0.29) is 18.3 Å². The SMILES string of the molecule is Cn1c(C(=O)NC(CO)c2ccccc2)cc2c(O)cccc21. The van der Waals surface area contributed by atoms with Gasteiger partial charge in [-0.2, -0.15) is 0 Å². The molecular formula is C18H18N2O3. The van der Waals surface area contributed by atoms with Crippen molar-refractivity contribution in [3.8, 4) is 5.75 Å². The first kappa shape index (κ1) is 15.1. The van der Waals surface area contributed by atoms with Crippen molar-refractivity contribution < 1.29 is 15.0 Å². The summed E-state index contributed by atoms with van der Waals surface area (Å²) in [4.78, 5) is 12.6. The lowest BCUT2D eigenvalue weighted by atomic mass is 10.1. The average molecular weight is 310 g/mol. The Morgan fingerprint density at radius 3 is 2.57 bits per heavy atom. The Hall–Kier alpha value is -2.79. The number of rotatable bonds is 4. The normalized spacial score (nSPS) is 12.3. The van der Waals surface area contributed by atoms with Crippen LogP contribution in [0.1, 0.15) is 22.1 Å². The topological polar surface area (TPSA) is 74.5 Å². The van der Waals surface area contributed by atoms with Crippen LogP contribution in [0, 0.1) is 0 Å². The molecule has 1 unspecified atom stereocenters. The number of hydrogen-bond donors (Lipinski definition) is 3. The highest BCUT2D eigenvalue weighted by Crippen LogP contribution is 2.27. The van der Waals surface area contributed by atoms with Gasteiger partial charge in [0.2, 0.25) is 0 Å². The van der Waals surface area contributed by atoms with E-state index in [1.54, 1.807) is 29.8 Å². The van der Waals surface area contributed by atoms with Gasteiger partial charge in [-0.1, -0.05) is 36.4 Å². The number of hydrogen-bond acceptors (Lipinski definition) is 3. The standard InChI is InChI=1S/C18H18N2O3/c1-20-15-8-5-9-17(22)13(15)10-16(20)18(23)19-14(11-21)12-6-3-2-4-7-12/h2-10,14,21-22H,11H2,1H3,(H,19,23).